The van der Waals surface area contributed by atoms with Crippen LogP contribution in [0.2, 0.25) is 0 Å². The second-order valence-electron chi connectivity index (χ2n) is 4.46. The van der Waals surface area contributed by atoms with E-state index in [2.05, 4.69) is 48.3 Å². The lowest BCUT2D eigenvalue weighted by Crippen LogP contribution is -2.15. The molecular weight excluding hydrogens is 220 g/mol. The summed E-state index contributed by atoms with van der Waals surface area (Å²) in [6.07, 6.45) is 0.715. The summed E-state index contributed by atoms with van der Waals surface area (Å²) in [6.45, 7) is 2.73. The Bertz CT molecular complexity index is 513. The van der Waals surface area contributed by atoms with Gasteiger partial charge in [0.15, 0.2) is 0 Å². The standard InChI is InChI=1S/C16H18N2/c1-13-7-9-15(10-8-13)12-18-16(17)11-14-5-3-2-4-6-14/h2-10H,11-12H2,1H3,(H2,17,18). The topological polar surface area (TPSA) is 38.4 Å². The Morgan fingerprint density at radius 3 is 2.28 bits per heavy atom. The van der Waals surface area contributed by atoms with Crippen molar-refractivity contribution in [1.29, 1.82) is 0 Å². The first-order valence-electron chi connectivity index (χ1n) is 6.12. The van der Waals surface area contributed by atoms with E-state index in [-0.39, 0.29) is 0 Å². The molecule has 0 aliphatic rings. The fourth-order valence-electron chi connectivity index (χ4n) is 1.75. The lowest BCUT2D eigenvalue weighted by Gasteiger charge is -2.02. The van der Waals surface area contributed by atoms with Crippen molar-refractivity contribution in [2.75, 3.05) is 0 Å². The highest BCUT2D eigenvalue weighted by Crippen LogP contribution is 2.05. The van der Waals surface area contributed by atoms with Crippen molar-refractivity contribution >= 4 is 5.84 Å². The van der Waals surface area contributed by atoms with Gasteiger partial charge in [-0.1, -0.05) is 60.2 Å². The summed E-state index contributed by atoms with van der Waals surface area (Å²) in [5.41, 5.74) is 9.59. The minimum absolute atomic E-state index is 0.652. The van der Waals surface area contributed by atoms with Crippen LogP contribution in [0, 0.1) is 6.92 Å². The van der Waals surface area contributed by atoms with E-state index >= 15 is 0 Å². The van der Waals surface area contributed by atoms with Crippen LogP contribution >= 0.6 is 0 Å². The first-order valence-corrected chi connectivity index (χ1v) is 6.12. The summed E-state index contributed by atoms with van der Waals surface area (Å²) in [6, 6.07) is 18.5. The van der Waals surface area contributed by atoms with Crippen molar-refractivity contribution in [2.45, 2.75) is 19.9 Å². The Balaban J connectivity index is 1.95. The monoisotopic (exact) mass is 238 g/mol. The van der Waals surface area contributed by atoms with Crippen molar-refractivity contribution < 1.29 is 0 Å². The van der Waals surface area contributed by atoms with Gasteiger partial charge in [0.1, 0.15) is 0 Å². The molecule has 2 rings (SSSR count). The second-order valence-corrected chi connectivity index (χ2v) is 4.46. The van der Waals surface area contributed by atoms with Crippen molar-refractivity contribution in [2.24, 2.45) is 10.7 Å². The van der Waals surface area contributed by atoms with Gasteiger partial charge in [0, 0.05) is 6.42 Å². The number of hydrogen-bond acceptors (Lipinski definition) is 1. The van der Waals surface area contributed by atoms with Gasteiger partial charge in [-0.05, 0) is 18.1 Å². The zero-order valence-electron chi connectivity index (χ0n) is 10.6. The molecule has 0 bridgehead atoms. The third-order valence-electron chi connectivity index (χ3n) is 2.81. The molecule has 0 heterocycles. The van der Waals surface area contributed by atoms with E-state index in [0.29, 0.717) is 18.8 Å². The van der Waals surface area contributed by atoms with Crippen LogP contribution in [0.15, 0.2) is 59.6 Å². The zero-order valence-corrected chi connectivity index (χ0v) is 10.6. The van der Waals surface area contributed by atoms with E-state index in [0.717, 1.165) is 0 Å². The van der Waals surface area contributed by atoms with Crippen molar-refractivity contribution in [1.82, 2.24) is 0 Å². The van der Waals surface area contributed by atoms with Crippen LogP contribution in [0.25, 0.3) is 0 Å². The first kappa shape index (κ1) is 12.4. The van der Waals surface area contributed by atoms with Gasteiger partial charge in [-0.15, -0.1) is 0 Å². The van der Waals surface area contributed by atoms with Gasteiger partial charge in [-0.2, -0.15) is 0 Å². The Morgan fingerprint density at radius 2 is 1.61 bits per heavy atom. The molecule has 0 amide bonds. The van der Waals surface area contributed by atoms with Crippen molar-refractivity contribution in [3.8, 4) is 0 Å². The molecule has 2 N–H and O–H groups in total. The maximum atomic E-state index is 5.93. The van der Waals surface area contributed by atoms with Crippen LogP contribution in [0.5, 0.6) is 0 Å². The van der Waals surface area contributed by atoms with Crippen molar-refractivity contribution in [3.63, 3.8) is 0 Å². The highest BCUT2D eigenvalue weighted by molar-refractivity contribution is 5.82. The quantitative estimate of drug-likeness (QED) is 0.645. The smallest absolute Gasteiger partial charge is 0.0985 e. The average molecular weight is 238 g/mol. The van der Waals surface area contributed by atoms with Crippen LogP contribution in [0.3, 0.4) is 0 Å². The maximum Gasteiger partial charge on any atom is 0.0985 e. The third-order valence-corrected chi connectivity index (χ3v) is 2.81. The molecule has 18 heavy (non-hydrogen) atoms. The lowest BCUT2D eigenvalue weighted by molar-refractivity contribution is 1.04. The Labute approximate surface area is 108 Å². The molecule has 2 nitrogen and oxygen atoms in total. The highest BCUT2D eigenvalue weighted by atomic mass is 14.8. The molecule has 0 unspecified atom stereocenters. The Morgan fingerprint density at radius 1 is 0.944 bits per heavy atom. The van der Waals surface area contributed by atoms with Gasteiger partial charge in [0.25, 0.3) is 0 Å². The van der Waals surface area contributed by atoms with Crippen LogP contribution in [0.4, 0.5) is 0 Å². The second kappa shape index (κ2) is 6.01. The van der Waals surface area contributed by atoms with E-state index in [4.69, 9.17) is 5.73 Å². The lowest BCUT2D eigenvalue weighted by atomic mass is 10.1. The number of rotatable bonds is 4. The van der Waals surface area contributed by atoms with E-state index < -0.39 is 0 Å². The number of aryl methyl sites for hydroxylation is 1. The highest BCUT2D eigenvalue weighted by Gasteiger charge is 1.96. The summed E-state index contributed by atoms with van der Waals surface area (Å²) < 4.78 is 0. The molecule has 0 aliphatic heterocycles. The molecule has 92 valence electrons. The molecule has 0 spiro atoms. The van der Waals surface area contributed by atoms with Gasteiger partial charge in [-0.25, -0.2) is 0 Å². The molecule has 0 saturated carbocycles. The van der Waals surface area contributed by atoms with E-state index in [1.165, 1.54) is 16.7 Å². The molecule has 2 aromatic rings. The normalized spacial score (nSPS) is 11.5. The molecule has 2 heteroatoms. The molecule has 0 fully saturated rings. The largest absolute Gasteiger partial charge is 0.387 e. The Hall–Kier alpha value is -2.09. The molecule has 0 aromatic heterocycles. The molecule has 2 aromatic carbocycles. The number of hydrogen-bond donors (Lipinski definition) is 1. The summed E-state index contributed by atoms with van der Waals surface area (Å²) in [4.78, 5) is 4.41. The van der Waals surface area contributed by atoms with Crippen LogP contribution in [-0.4, -0.2) is 5.84 Å². The molecular formula is C16H18N2. The molecule has 0 radical (unpaired) electrons. The summed E-state index contributed by atoms with van der Waals surface area (Å²) in [5.74, 6) is 0.682. The number of nitrogens with two attached hydrogens (primary N) is 1. The van der Waals surface area contributed by atoms with Gasteiger partial charge in [0.05, 0.1) is 12.4 Å². The molecule has 0 atom stereocenters. The van der Waals surface area contributed by atoms with E-state index in [9.17, 15) is 0 Å². The molecule has 0 aliphatic carbocycles. The fraction of sp³-hybridized carbons (Fsp3) is 0.188. The summed E-state index contributed by atoms with van der Waals surface area (Å²) in [7, 11) is 0. The number of benzene rings is 2. The first-order chi connectivity index (χ1) is 8.74. The summed E-state index contributed by atoms with van der Waals surface area (Å²) in [5, 5.41) is 0. The minimum Gasteiger partial charge on any atom is -0.387 e. The number of amidine groups is 1. The van der Waals surface area contributed by atoms with Gasteiger partial charge in [0.2, 0.25) is 0 Å². The Kier molecular flexibility index (Phi) is 4.13. The van der Waals surface area contributed by atoms with Crippen LogP contribution < -0.4 is 5.73 Å². The van der Waals surface area contributed by atoms with Crippen molar-refractivity contribution in [3.05, 3.63) is 71.3 Å². The number of aliphatic imine (C=N–C) groups is 1. The zero-order chi connectivity index (χ0) is 12.8. The maximum absolute atomic E-state index is 5.93. The van der Waals surface area contributed by atoms with E-state index in [1.807, 2.05) is 18.2 Å². The predicted octanol–water partition coefficient (Wildman–Crippen LogP) is 3.09. The molecule has 0 saturated heterocycles. The van der Waals surface area contributed by atoms with Gasteiger partial charge in [-0.3, -0.25) is 4.99 Å². The fourth-order valence-corrected chi connectivity index (χ4v) is 1.75. The van der Waals surface area contributed by atoms with Gasteiger partial charge < -0.3 is 5.73 Å². The summed E-state index contributed by atoms with van der Waals surface area (Å²) >= 11 is 0. The number of nitrogens with zero attached hydrogens (tertiary/aromatic N) is 1. The average Bonchev–Trinajstić information content (AvgIpc) is 2.39. The minimum atomic E-state index is 0.652. The van der Waals surface area contributed by atoms with Crippen LogP contribution in [0.1, 0.15) is 16.7 Å². The van der Waals surface area contributed by atoms with Gasteiger partial charge >= 0.3 is 0 Å². The van der Waals surface area contributed by atoms with E-state index in [1.54, 1.807) is 0 Å². The predicted molar refractivity (Wildman–Crippen MR) is 76.7 cm³/mol. The van der Waals surface area contributed by atoms with Crippen LogP contribution in [-0.2, 0) is 13.0 Å². The SMILES string of the molecule is Cc1ccc(CN=C(N)Cc2ccccc2)cc1. The third kappa shape index (κ3) is 3.74.